The number of ketones is 1. The number of nitrogens with zero attached hydrogens (tertiary/aromatic N) is 2. The number of aromatic nitrogens is 1. The van der Waals surface area contributed by atoms with E-state index in [2.05, 4.69) is 4.98 Å². The number of para-hydroxylation sites is 1. The van der Waals surface area contributed by atoms with E-state index in [-0.39, 0.29) is 11.4 Å². The first-order chi connectivity index (χ1) is 13.0. The molecule has 2 heterocycles. The zero-order valence-electron chi connectivity index (χ0n) is 14.7. The Morgan fingerprint density at radius 1 is 1.19 bits per heavy atom. The van der Waals surface area contributed by atoms with E-state index in [0.29, 0.717) is 16.4 Å². The Kier molecular flexibility index (Phi) is 4.16. The molecule has 7 heteroatoms. The highest BCUT2D eigenvalue weighted by Gasteiger charge is 2.44. The van der Waals surface area contributed by atoms with E-state index in [9.17, 15) is 14.7 Å². The second-order valence-electron chi connectivity index (χ2n) is 6.13. The highest BCUT2D eigenvalue weighted by Crippen LogP contribution is 2.43. The largest absolute Gasteiger partial charge is 0.503 e. The fourth-order valence-corrected chi connectivity index (χ4v) is 4.22. The average Bonchev–Trinajstić information content (AvgIpc) is 3.21. The van der Waals surface area contributed by atoms with Crippen molar-refractivity contribution < 1.29 is 19.4 Å². The summed E-state index contributed by atoms with van der Waals surface area (Å²) in [7, 11) is 1.56. The lowest BCUT2D eigenvalue weighted by atomic mass is 9.97. The summed E-state index contributed by atoms with van der Waals surface area (Å²) < 4.78 is 6.10. The van der Waals surface area contributed by atoms with Crippen LogP contribution in [0.15, 0.2) is 59.9 Å². The summed E-state index contributed by atoms with van der Waals surface area (Å²) in [6.07, 6.45) is 0. The van der Waals surface area contributed by atoms with Gasteiger partial charge in [-0.1, -0.05) is 35.6 Å². The number of aliphatic hydroxyl groups is 1. The smallest absolute Gasteiger partial charge is 0.296 e. The summed E-state index contributed by atoms with van der Waals surface area (Å²) in [6.45, 7) is 1.34. The molecule has 0 spiro atoms. The lowest BCUT2D eigenvalue weighted by Crippen LogP contribution is -2.30. The van der Waals surface area contributed by atoms with Crippen molar-refractivity contribution in [3.63, 3.8) is 0 Å². The van der Waals surface area contributed by atoms with Gasteiger partial charge in [0.15, 0.2) is 16.7 Å². The van der Waals surface area contributed by atoms with Crippen molar-refractivity contribution in [1.82, 2.24) is 4.98 Å². The van der Waals surface area contributed by atoms with E-state index in [1.54, 1.807) is 31.4 Å². The minimum atomic E-state index is -0.735. The van der Waals surface area contributed by atoms with Crippen molar-refractivity contribution in [1.29, 1.82) is 0 Å². The summed E-state index contributed by atoms with van der Waals surface area (Å²) in [5, 5.41) is 10.8. The number of amides is 1. The molecule has 3 aromatic rings. The van der Waals surface area contributed by atoms with E-state index in [1.807, 2.05) is 24.3 Å². The molecular formula is C20H16N2O4S. The monoisotopic (exact) mass is 380 g/mol. The summed E-state index contributed by atoms with van der Waals surface area (Å²) in [6, 6.07) is 13.9. The van der Waals surface area contributed by atoms with Crippen molar-refractivity contribution >= 4 is 38.4 Å². The molecule has 1 aliphatic rings. The number of Topliss-reactive ketones (excluding diaryl/α,β-unsaturated/α-hetero) is 1. The van der Waals surface area contributed by atoms with Gasteiger partial charge in [0.2, 0.25) is 0 Å². The van der Waals surface area contributed by atoms with Crippen LogP contribution in [0, 0.1) is 0 Å². The Morgan fingerprint density at radius 2 is 1.89 bits per heavy atom. The van der Waals surface area contributed by atoms with Crippen LogP contribution in [0.5, 0.6) is 5.75 Å². The molecule has 0 saturated carbocycles. The van der Waals surface area contributed by atoms with Crippen LogP contribution in [0.2, 0.25) is 0 Å². The van der Waals surface area contributed by atoms with Gasteiger partial charge in [-0.05, 0) is 36.8 Å². The predicted octanol–water partition coefficient (Wildman–Crippen LogP) is 3.79. The molecule has 0 unspecified atom stereocenters. The topological polar surface area (TPSA) is 79.7 Å². The molecule has 4 rings (SSSR count). The molecule has 1 amide bonds. The predicted molar refractivity (Wildman–Crippen MR) is 103 cm³/mol. The van der Waals surface area contributed by atoms with Crippen molar-refractivity contribution in [3.05, 3.63) is 65.4 Å². The molecule has 0 fully saturated rings. The van der Waals surface area contributed by atoms with Crippen LogP contribution in [0.3, 0.4) is 0 Å². The molecule has 27 heavy (non-hydrogen) atoms. The maximum absolute atomic E-state index is 12.8. The van der Waals surface area contributed by atoms with E-state index in [0.717, 1.165) is 10.2 Å². The third-order valence-electron chi connectivity index (χ3n) is 4.51. The number of hydrogen-bond donors (Lipinski definition) is 1. The van der Waals surface area contributed by atoms with Crippen LogP contribution in [0.4, 0.5) is 5.13 Å². The lowest BCUT2D eigenvalue weighted by Gasteiger charge is -2.24. The van der Waals surface area contributed by atoms with Crippen molar-refractivity contribution in [2.24, 2.45) is 0 Å². The summed E-state index contributed by atoms with van der Waals surface area (Å²) in [4.78, 5) is 31.0. The number of thiazole rings is 1. The number of ether oxygens (including phenoxy) is 1. The SMILES string of the molecule is COc1ccc([C@H]2C(C(C)=O)=C(O)C(=O)N2c2nc3ccccc3s2)cc1. The summed E-state index contributed by atoms with van der Waals surface area (Å²) in [5.41, 5.74) is 1.52. The van der Waals surface area contributed by atoms with E-state index >= 15 is 0 Å². The number of aliphatic hydroxyl groups excluding tert-OH is 1. The van der Waals surface area contributed by atoms with Crippen LogP contribution in [0.1, 0.15) is 18.5 Å². The van der Waals surface area contributed by atoms with Crippen LogP contribution >= 0.6 is 11.3 Å². The number of benzene rings is 2. The summed E-state index contributed by atoms with van der Waals surface area (Å²) >= 11 is 1.34. The van der Waals surface area contributed by atoms with Gasteiger partial charge in [-0.3, -0.25) is 14.5 Å². The molecule has 1 aromatic heterocycles. The Bertz CT molecular complexity index is 1050. The van der Waals surface area contributed by atoms with Gasteiger partial charge in [0.25, 0.3) is 5.91 Å². The minimum Gasteiger partial charge on any atom is -0.503 e. The van der Waals surface area contributed by atoms with Crippen LogP contribution < -0.4 is 9.64 Å². The molecule has 0 bridgehead atoms. The third kappa shape index (κ3) is 2.76. The van der Waals surface area contributed by atoms with E-state index in [1.165, 1.54) is 23.2 Å². The van der Waals surface area contributed by atoms with Gasteiger partial charge in [-0.2, -0.15) is 0 Å². The van der Waals surface area contributed by atoms with Crippen molar-refractivity contribution in [2.75, 3.05) is 12.0 Å². The number of anilines is 1. The first-order valence-electron chi connectivity index (χ1n) is 8.28. The number of methoxy groups -OCH3 is 1. The Balaban J connectivity index is 1.87. The normalized spacial score (nSPS) is 17.0. The molecule has 136 valence electrons. The van der Waals surface area contributed by atoms with Crippen LogP contribution in [-0.4, -0.2) is 28.9 Å². The second-order valence-corrected chi connectivity index (χ2v) is 7.14. The maximum Gasteiger partial charge on any atom is 0.296 e. The minimum absolute atomic E-state index is 0.0735. The van der Waals surface area contributed by atoms with Crippen molar-refractivity contribution in [3.8, 4) is 5.75 Å². The number of carbonyl (C=O) groups excluding carboxylic acids is 2. The second kappa shape index (κ2) is 6.51. The molecule has 1 aliphatic heterocycles. The Hall–Kier alpha value is -3.19. The van der Waals surface area contributed by atoms with Gasteiger partial charge in [0, 0.05) is 0 Å². The fourth-order valence-electron chi connectivity index (χ4n) is 3.23. The zero-order valence-corrected chi connectivity index (χ0v) is 15.5. The molecule has 2 aromatic carbocycles. The van der Waals surface area contributed by atoms with Crippen molar-refractivity contribution in [2.45, 2.75) is 13.0 Å². The van der Waals surface area contributed by atoms with E-state index < -0.39 is 17.7 Å². The fraction of sp³-hybridized carbons (Fsp3) is 0.150. The summed E-state index contributed by atoms with van der Waals surface area (Å²) in [5.74, 6) is -0.847. The highest BCUT2D eigenvalue weighted by molar-refractivity contribution is 7.22. The van der Waals surface area contributed by atoms with Crippen LogP contribution in [-0.2, 0) is 9.59 Å². The molecular weight excluding hydrogens is 364 g/mol. The molecule has 6 nitrogen and oxygen atoms in total. The quantitative estimate of drug-likeness (QED) is 0.745. The Morgan fingerprint density at radius 3 is 2.52 bits per heavy atom. The zero-order chi connectivity index (χ0) is 19.1. The Labute approximate surface area is 159 Å². The van der Waals surface area contributed by atoms with E-state index in [4.69, 9.17) is 4.74 Å². The first-order valence-corrected chi connectivity index (χ1v) is 9.10. The average molecular weight is 380 g/mol. The molecule has 0 saturated heterocycles. The van der Waals surface area contributed by atoms with Gasteiger partial charge in [-0.15, -0.1) is 0 Å². The van der Waals surface area contributed by atoms with Gasteiger partial charge in [-0.25, -0.2) is 4.98 Å². The third-order valence-corrected chi connectivity index (χ3v) is 5.54. The number of rotatable bonds is 4. The standard InChI is InChI=1S/C20H16N2O4S/c1-11(23)16-17(12-7-9-13(26-2)10-8-12)22(19(25)18(16)24)20-21-14-5-3-4-6-15(14)27-20/h3-10,17,24H,1-2H3/t17-/m0/s1. The highest BCUT2D eigenvalue weighted by atomic mass is 32.1. The molecule has 1 N–H and O–H groups in total. The number of hydrogen-bond acceptors (Lipinski definition) is 6. The molecule has 0 radical (unpaired) electrons. The number of fused-ring (bicyclic) bond motifs is 1. The number of carbonyl (C=O) groups is 2. The van der Waals surface area contributed by atoms with Gasteiger partial charge < -0.3 is 9.84 Å². The van der Waals surface area contributed by atoms with Gasteiger partial charge in [0.05, 0.1) is 28.9 Å². The van der Waals surface area contributed by atoms with Gasteiger partial charge >= 0.3 is 0 Å². The maximum atomic E-state index is 12.8. The van der Waals surface area contributed by atoms with Crippen LogP contribution in [0.25, 0.3) is 10.2 Å². The first kappa shape index (κ1) is 17.2. The van der Waals surface area contributed by atoms with Gasteiger partial charge in [0.1, 0.15) is 5.75 Å². The molecule has 0 aliphatic carbocycles. The lowest BCUT2D eigenvalue weighted by molar-refractivity contribution is -0.117. The molecule has 1 atom stereocenters.